The molecule has 1 aromatic carbocycles. The number of H-pyrrole nitrogens is 1. The third-order valence-corrected chi connectivity index (χ3v) is 7.77. The van der Waals surface area contributed by atoms with Gasteiger partial charge in [-0.3, -0.25) is 14.5 Å². The van der Waals surface area contributed by atoms with Crippen LogP contribution in [0.3, 0.4) is 0 Å². The van der Waals surface area contributed by atoms with E-state index >= 15 is 0 Å². The van der Waals surface area contributed by atoms with Gasteiger partial charge in [-0.25, -0.2) is 0 Å². The number of aryl methyl sites for hydroxylation is 1. The van der Waals surface area contributed by atoms with Crippen molar-refractivity contribution < 1.29 is 4.79 Å². The fourth-order valence-corrected chi connectivity index (χ4v) is 6.77. The Morgan fingerprint density at radius 1 is 1.17 bits per heavy atom. The average molecular weight is 411 g/mol. The molecule has 0 aliphatic heterocycles. The minimum Gasteiger partial charge on any atom is -0.355 e. The summed E-state index contributed by atoms with van der Waals surface area (Å²) in [6.45, 7) is 3.47. The van der Waals surface area contributed by atoms with Crippen LogP contribution in [0.1, 0.15) is 50.5 Å². The number of benzene rings is 1. The molecule has 0 atom stereocenters. The monoisotopic (exact) mass is 410 g/mol. The quantitative estimate of drug-likeness (QED) is 0.682. The first-order valence-corrected chi connectivity index (χ1v) is 11.4. The van der Waals surface area contributed by atoms with E-state index in [1.165, 1.54) is 44.1 Å². The molecular formula is C23H30N4OS. The summed E-state index contributed by atoms with van der Waals surface area (Å²) in [5.41, 5.74) is 2.60. The first-order valence-electron chi connectivity index (χ1n) is 11.0. The zero-order valence-corrected chi connectivity index (χ0v) is 17.9. The highest BCUT2D eigenvalue weighted by molar-refractivity contribution is 7.71. The Kier molecular flexibility index (Phi) is 4.85. The topological polar surface area (TPSA) is 62.7 Å². The number of hydrogen-bond acceptors (Lipinski definition) is 3. The lowest BCUT2D eigenvalue weighted by Crippen LogP contribution is -2.51. The third kappa shape index (κ3) is 3.79. The van der Waals surface area contributed by atoms with Gasteiger partial charge in [-0.05, 0) is 80.8 Å². The molecule has 4 aliphatic rings. The molecule has 2 aromatic rings. The maximum absolute atomic E-state index is 12.6. The van der Waals surface area contributed by atoms with E-state index in [0.29, 0.717) is 23.2 Å². The highest BCUT2D eigenvalue weighted by Crippen LogP contribution is 2.59. The van der Waals surface area contributed by atoms with Gasteiger partial charge in [0.05, 0.1) is 0 Å². The summed E-state index contributed by atoms with van der Waals surface area (Å²) in [5.74, 6) is 3.67. The SMILES string of the molecule is Cc1ccc(-c2n[nH]c(=S)n2CCC(=O)NCC23CC4CC(CC(C4)C2)C3)cc1. The molecule has 0 saturated heterocycles. The number of hydrogen-bond donors (Lipinski definition) is 2. The Morgan fingerprint density at radius 2 is 1.79 bits per heavy atom. The molecule has 1 amide bonds. The van der Waals surface area contributed by atoms with E-state index in [1.807, 2.05) is 16.7 Å². The van der Waals surface area contributed by atoms with Crippen LogP contribution in [0, 0.1) is 34.9 Å². The second kappa shape index (κ2) is 7.38. The van der Waals surface area contributed by atoms with E-state index in [0.717, 1.165) is 35.7 Å². The predicted molar refractivity (Wildman–Crippen MR) is 116 cm³/mol. The lowest BCUT2D eigenvalue weighted by molar-refractivity contribution is -0.123. The van der Waals surface area contributed by atoms with Crippen LogP contribution in [0.5, 0.6) is 0 Å². The second-order valence-corrected chi connectivity index (χ2v) is 10.2. The molecule has 154 valence electrons. The number of aromatic amines is 1. The van der Waals surface area contributed by atoms with Crippen molar-refractivity contribution in [1.82, 2.24) is 20.1 Å². The van der Waals surface area contributed by atoms with Crippen LogP contribution in [-0.4, -0.2) is 27.2 Å². The van der Waals surface area contributed by atoms with Gasteiger partial charge in [0.25, 0.3) is 0 Å². The highest BCUT2D eigenvalue weighted by Gasteiger charge is 2.50. The van der Waals surface area contributed by atoms with E-state index < -0.39 is 0 Å². The normalized spacial score (nSPS) is 29.9. The molecule has 6 rings (SSSR count). The first-order chi connectivity index (χ1) is 14.0. The van der Waals surface area contributed by atoms with Crippen LogP contribution in [0.2, 0.25) is 0 Å². The Hall–Kier alpha value is -1.95. The summed E-state index contributed by atoms with van der Waals surface area (Å²) in [6.07, 6.45) is 8.71. The predicted octanol–water partition coefficient (Wildman–Crippen LogP) is 4.64. The lowest BCUT2D eigenvalue weighted by Gasteiger charge is -2.56. The molecule has 1 heterocycles. The summed E-state index contributed by atoms with van der Waals surface area (Å²) in [5, 5.41) is 10.5. The van der Waals surface area contributed by atoms with Gasteiger partial charge in [0.1, 0.15) is 0 Å². The van der Waals surface area contributed by atoms with Crippen molar-refractivity contribution in [2.75, 3.05) is 6.54 Å². The molecule has 0 radical (unpaired) electrons. The fourth-order valence-electron chi connectivity index (χ4n) is 6.54. The number of amides is 1. The van der Waals surface area contributed by atoms with Crippen molar-refractivity contribution in [3.05, 3.63) is 34.6 Å². The first kappa shape index (κ1) is 19.0. The van der Waals surface area contributed by atoms with E-state index in [4.69, 9.17) is 12.2 Å². The van der Waals surface area contributed by atoms with Crippen molar-refractivity contribution in [2.24, 2.45) is 23.2 Å². The molecule has 0 unspecified atom stereocenters. The summed E-state index contributed by atoms with van der Waals surface area (Å²) in [7, 11) is 0. The maximum atomic E-state index is 12.6. The molecule has 29 heavy (non-hydrogen) atoms. The molecule has 5 nitrogen and oxygen atoms in total. The van der Waals surface area contributed by atoms with Crippen molar-refractivity contribution in [2.45, 2.75) is 58.4 Å². The van der Waals surface area contributed by atoms with Crippen LogP contribution in [0.4, 0.5) is 0 Å². The van der Waals surface area contributed by atoms with Crippen LogP contribution >= 0.6 is 12.2 Å². The summed E-state index contributed by atoms with van der Waals surface area (Å²) < 4.78 is 2.50. The molecule has 4 aliphatic carbocycles. The smallest absolute Gasteiger partial charge is 0.221 e. The van der Waals surface area contributed by atoms with Crippen LogP contribution in [0.15, 0.2) is 24.3 Å². The Morgan fingerprint density at radius 3 is 2.41 bits per heavy atom. The van der Waals surface area contributed by atoms with E-state index in [9.17, 15) is 4.79 Å². The second-order valence-electron chi connectivity index (χ2n) is 9.81. The van der Waals surface area contributed by atoms with Crippen molar-refractivity contribution >= 4 is 18.1 Å². The molecular weight excluding hydrogens is 380 g/mol. The zero-order chi connectivity index (χ0) is 20.0. The maximum Gasteiger partial charge on any atom is 0.221 e. The van der Waals surface area contributed by atoms with Crippen molar-refractivity contribution in [1.29, 1.82) is 0 Å². The number of nitrogens with one attached hydrogen (secondary N) is 2. The Balaban J connectivity index is 1.20. The fraction of sp³-hybridized carbons (Fsp3) is 0.609. The summed E-state index contributed by atoms with van der Waals surface area (Å²) in [4.78, 5) is 12.6. The number of nitrogens with zero attached hydrogens (tertiary/aromatic N) is 2. The lowest BCUT2D eigenvalue weighted by atomic mass is 9.49. The molecule has 0 spiro atoms. The average Bonchev–Trinajstić information content (AvgIpc) is 3.05. The third-order valence-electron chi connectivity index (χ3n) is 7.46. The van der Waals surface area contributed by atoms with Crippen LogP contribution < -0.4 is 5.32 Å². The van der Waals surface area contributed by atoms with E-state index in [-0.39, 0.29) is 5.91 Å². The van der Waals surface area contributed by atoms with Crippen molar-refractivity contribution in [3.63, 3.8) is 0 Å². The van der Waals surface area contributed by atoms with Gasteiger partial charge in [-0.2, -0.15) is 5.10 Å². The molecule has 2 N–H and O–H groups in total. The minimum atomic E-state index is 0.124. The Bertz CT molecular complexity index is 923. The standard InChI is InChI=1S/C23H30N4OS/c1-15-2-4-19(5-3-15)21-25-26-22(29)27(21)7-6-20(28)24-14-23-11-16-8-17(12-23)10-18(9-16)13-23/h2-5,16-18H,6-14H2,1H3,(H,24,28)(H,26,29). The van der Waals surface area contributed by atoms with Gasteiger partial charge in [0.15, 0.2) is 10.6 Å². The molecule has 4 fully saturated rings. The molecule has 6 heteroatoms. The highest BCUT2D eigenvalue weighted by atomic mass is 32.1. The molecule has 4 bridgehead atoms. The van der Waals surface area contributed by atoms with Gasteiger partial charge < -0.3 is 5.32 Å². The van der Waals surface area contributed by atoms with Gasteiger partial charge in [-0.15, -0.1) is 0 Å². The van der Waals surface area contributed by atoms with Gasteiger partial charge in [0, 0.05) is 25.1 Å². The molecule has 1 aromatic heterocycles. The Labute approximate surface area is 177 Å². The zero-order valence-electron chi connectivity index (χ0n) is 17.1. The van der Waals surface area contributed by atoms with Gasteiger partial charge in [-0.1, -0.05) is 29.8 Å². The molecule has 4 saturated carbocycles. The van der Waals surface area contributed by atoms with E-state index in [1.54, 1.807) is 0 Å². The number of rotatable bonds is 6. The van der Waals surface area contributed by atoms with Crippen LogP contribution in [-0.2, 0) is 11.3 Å². The summed E-state index contributed by atoms with van der Waals surface area (Å²) in [6, 6.07) is 8.22. The van der Waals surface area contributed by atoms with Gasteiger partial charge >= 0.3 is 0 Å². The van der Waals surface area contributed by atoms with Crippen molar-refractivity contribution in [3.8, 4) is 11.4 Å². The number of aromatic nitrogens is 3. The minimum absolute atomic E-state index is 0.124. The van der Waals surface area contributed by atoms with E-state index in [2.05, 4.69) is 34.6 Å². The summed E-state index contributed by atoms with van der Waals surface area (Å²) >= 11 is 5.41. The van der Waals surface area contributed by atoms with Gasteiger partial charge in [0.2, 0.25) is 5.91 Å². The number of carbonyl (C=O) groups excluding carboxylic acids is 1. The number of carbonyl (C=O) groups is 1. The largest absolute Gasteiger partial charge is 0.355 e. The van der Waals surface area contributed by atoms with Crippen LogP contribution in [0.25, 0.3) is 11.4 Å².